The van der Waals surface area contributed by atoms with E-state index in [0.717, 1.165) is 5.01 Å². The van der Waals surface area contributed by atoms with Crippen molar-refractivity contribution in [2.75, 3.05) is 4.90 Å². The Kier molecular flexibility index (Phi) is 6.55. The van der Waals surface area contributed by atoms with Gasteiger partial charge in [0.1, 0.15) is 16.7 Å². The average Bonchev–Trinajstić information content (AvgIpc) is 3.03. The van der Waals surface area contributed by atoms with Crippen LogP contribution in [-0.2, 0) is 4.79 Å². The number of carbonyl (C=O) groups is 2. The number of thiazole rings is 1. The molecule has 7 heteroatoms. The monoisotopic (exact) mass is 439 g/mol. The van der Waals surface area contributed by atoms with Gasteiger partial charge < -0.3 is 5.32 Å². The Morgan fingerprint density at radius 2 is 1.65 bits per heavy atom. The minimum atomic E-state index is -0.944. The maximum Gasteiger partial charge on any atom is 0.271 e. The minimum absolute atomic E-state index is 0.324. The summed E-state index contributed by atoms with van der Waals surface area (Å²) in [4.78, 5) is 33.5. The molecule has 0 aliphatic carbocycles. The number of nitrogens with one attached hydrogen (secondary N) is 1. The fraction of sp³-hybridized carbons (Fsp3) is 0.292. The molecule has 3 aromatic rings. The van der Waals surface area contributed by atoms with E-state index in [0.29, 0.717) is 21.8 Å². The molecular formula is C24H26FN3O2S. The van der Waals surface area contributed by atoms with Gasteiger partial charge in [-0.1, -0.05) is 30.3 Å². The number of anilines is 1. The van der Waals surface area contributed by atoms with Crippen LogP contribution >= 0.6 is 11.3 Å². The molecule has 5 nitrogen and oxygen atoms in total. The van der Waals surface area contributed by atoms with E-state index in [1.807, 2.05) is 58.0 Å². The molecule has 0 spiro atoms. The number of halogens is 1. The third kappa shape index (κ3) is 5.35. The summed E-state index contributed by atoms with van der Waals surface area (Å²) in [6, 6.07) is 13.7. The second kappa shape index (κ2) is 8.98. The maximum absolute atomic E-state index is 13.8. The molecule has 1 aromatic heterocycles. The van der Waals surface area contributed by atoms with Crippen LogP contribution in [0.2, 0.25) is 0 Å². The van der Waals surface area contributed by atoms with Crippen LogP contribution in [0.1, 0.15) is 52.7 Å². The van der Waals surface area contributed by atoms with E-state index >= 15 is 0 Å². The standard InChI is InChI=1S/C24H26FN3O2S/c1-15-21(31-16(2)26-15)23(30)28(19-13-11-18(25)12-14-19)20(17-9-7-6-8-10-17)22(29)27-24(3,4)5/h6-14,20H,1-5H3,(H,27,29). The van der Waals surface area contributed by atoms with Gasteiger partial charge in [-0.25, -0.2) is 9.37 Å². The quantitative estimate of drug-likeness (QED) is 0.594. The molecule has 0 fully saturated rings. The van der Waals surface area contributed by atoms with Crippen molar-refractivity contribution in [3.05, 3.63) is 81.6 Å². The fourth-order valence-electron chi connectivity index (χ4n) is 3.32. The molecule has 0 saturated carbocycles. The molecule has 2 aromatic carbocycles. The molecule has 0 aliphatic heterocycles. The summed E-state index contributed by atoms with van der Waals surface area (Å²) in [5.74, 6) is -1.10. The first-order valence-electron chi connectivity index (χ1n) is 9.97. The van der Waals surface area contributed by atoms with Gasteiger partial charge in [0.05, 0.1) is 10.7 Å². The van der Waals surface area contributed by atoms with Gasteiger partial charge in [0.2, 0.25) is 5.91 Å². The van der Waals surface area contributed by atoms with Crippen molar-refractivity contribution in [2.45, 2.75) is 46.2 Å². The minimum Gasteiger partial charge on any atom is -0.349 e. The summed E-state index contributed by atoms with van der Waals surface area (Å²) in [5.41, 5.74) is 1.18. The Balaban J connectivity index is 2.19. The predicted molar refractivity (Wildman–Crippen MR) is 122 cm³/mol. The Hall–Kier alpha value is -3.06. The highest BCUT2D eigenvalue weighted by molar-refractivity contribution is 7.13. The van der Waals surface area contributed by atoms with Gasteiger partial charge in [0.25, 0.3) is 5.91 Å². The van der Waals surface area contributed by atoms with Crippen LogP contribution in [0.15, 0.2) is 54.6 Å². The largest absolute Gasteiger partial charge is 0.349 e. The molecule has 0 radical (unpaired) electrons. The zero-order valence-corrected chi connectivity index (χ0v) is 19.1. The summed E-state index contributed by atoms with van der Waals surface area (Å²) in [6.45, 7) is 9.25. The number of aromatic nitrogens is 1. The molecule has 3 rings (SSSR count). The number of hydrogen-bond donors (Lipinski definition) is 1. The number of rotatable bonds is 5. The Bertz CT molecular complexity index is 1070. The molecular weight excluding hydrogens is 413 g/mol. The lowest BCUT2D eigenvalue weighted by Crippen LogP contribution is -2.49. The molecule has 2 amide bonds. The van der Waals surface area contributed by atoms with Crippen LogP contribution in [-0.4, -0.2) is 22.3 Å². The van der Waals surface area contributed by atoms with E-state index in [-0.39, 0.29) is 11.8 Å². The third-order valence-corrected chi connectivity index (χ3v) is 5.60. The first-order chi connectivity index (χ1) is 14.6. The van der Waals surface area contributed by atoms with Crippen molar-refractivity contribution in [1.82, 2.24) is 10.3 Å². The summed E-state index contributed by atoms with van der Waals surface area (Å²) in [5, 5.41) is 3.75. The van der Waals surface area contributed by atoms with E-state index in [4.69, 9.17) is 0 Å². The Morgan fingerprint density at radius 3 is 2.16 bits per heavy atom. The molecule has 0 aliphatic rings. The maximum atomic E-state index is 13.8. The van der Waals surface area contributed by atoms with E-state index in [1.165, 1.54) is 40.5 Å². The fourth-order valence-corrected chi connectivity index (χ4v) is 4.17. The third-order valence-electron chi connectivity index (χ3n) is 4.54. The highest BCUT2D eigenvalue weighted by Crippen LogP contribution is 2.32. The molecule has 31 heavy (non-hydrogen) atoms. The number of benzene rings is 2. The summed E-state index contributed by atoms with van der Waals surface area (Å²) >= 11 is 1.28. The Morgan fingerprint density at radius 1 is 1.03 bits per heavy atom. The number of aryl methyl sites for hydroxylation is 2. The molecule has 1 atom stereocenters. The number of carbonyl (C=O) groups excluding carboxylic acids is 2. The van der Waals surface area contributed by atoms with Crippen molar-refractivity contribution in [3.63, 3.8) is 0 Å². The van der Waals surface area contributed by atoms with Crippen LogP contribution in [0, 0.1) is 19.7 Å². The first-order valence-corrected chi connectivity index (χ1v) is 10.8. The van der Waals surface area contributed by atoms with Crippen molar-refractivity contribution in [1.29, 1.82) is 0 Å². The van der Waals surface area contributed by atoms with E-state index in [9.17, 15) is 14.0 Å². The zero-order chi connectivity index (χ0) is 22.8. The summed E-state index contributed by atoms with van der Waals surface area (Å²) in [6.07, 6.45) is 0. The lowest BCUT2D eigenvalue weighted by molar-refractivity contribution is -0.123. The zero-order valence-electron chi connectivity index (χ0n) is 18.3. The van der Waals surface area contributed by atoms with Crippen molar-refractivity contribution < 1.29 is 14.0 Å². The van der Waals surface area contributed by atoms with Gasteiger partial charge >= 0.3 is 0 Å². The highest BCUT2D eigenvalue weighted by Gasteiger charge is 2.36. The first kappa shape index (κ1) is 22.6. The van der Waals surface area contributed by atoms with Gasteiger partial charge in [0.15, 0.2) is 0 Å². The van der Waals surface area contributed by atoms with Crippen molar-refractivity contribution in [3.8, 4) is 0 Å². The molecule has 1 N–H and O–H groups in total. The SMILES string of the molecule is Cc1nc(C)c(C(=O)N(c2ccc(F)cc2)C(C(=O)NC(C)(C)C)c2ccccc2)s1. The number of amides is 2. The molecule has 0 saturated heterocycles. The second-order valence-electron chi connectivity index (χ2n) is 8.35. The topological polar surface area (TPSA) is 62.3 Å². The number of nitrogens with zero attached hydrogens (tertiary/aromatic N) is 2. The van der Waals surface area contributed by atoms with E-state index < -0.39 is 17.4 Å². The van der Waals surface area contributed by atoms with Crippen LogP contribution in [0.3, 0.4) is 0 Å². The predicted octanol–water partition coefficient (Wildman–Crippen LogP) is 5.20. The van der Waals surface area contributed by atoms with Gasteiger partial charge in [0, 0.05) is 11.2 Å². The molecule has 1 unspecified atom stereocenters. The van der Waals surface area contributed by atoms with Crippen molar-refractivity contribution >= 4 is 28.8 Å². The molecule has 1 heterocycles. The van der Waals surface area contributed by atoms with Crippen LogP contribution in [0.25, 0.3) is 0 Å². The highest BCUT2D eigenvalue weighted by atomic mass is 32.1. The van der Waals surface area contributed by atoms with E-state index in [1.54, 1.807) is 6.92 Å². The average molecular weight is 440 g/mol. The molecule has 162 valence electrons. The lowest BCUT2D eigenvalue weighted by Gasteiger charge is -2.33. The van der Waals surface area contributed by atoms with Crippen LogP contribution < -0.4 is 10.2 Å². The van der Waals surface area contributed by atoms with Gasteiger partial charge in [-0.05, 0) is 64.4 Å². The second-order valence-corrected chi connectivity index (χ2v) is 9.55. The van der Waals surface area contributed by atoms with Crippen LogP contribution in [0.4, 0.5) is 10.1 Å². The normalized spacial score (nSPS) is 12.3. The number of hydrogen-bond acceptors (Lipinski definition) is 4. The summed E-state index contributed by atoms with van der Waals surface area (Å²) in [7, 11) is 0. The Labute approximate surface area is 185 Å². The van der Waals surface area contributed by atoms with Gasteiger partial charge in [-0.15, -0.1) is 11.3 Å². The summed E-state index contributed by atoms with van der Waals surface area (Å²) < 4.78 is 13.7. The van der Waals surface area contributed by atoms with E-state index in [2.05, 4.69) is 10.3 Å². The van der Waals surface area contributed by atoms with Crippen LogP contribution in [0.5, 0.6) is 0 Å². The van der Waals surface area contributed by atoms with Gasteiger partial charge in [-0.2, -0.15) is 0 Å². The van der Waals surface area contributed by atoms with Crippen molar-refractivity contribution in [2.24, 2.45) is 0 Å². The lowest BCUT2D eigenvalue weighted by atomic mass is 10.0. The molecule has 0 bridgehead atoms. The van der Waals surface area contributed by atoms with Gasteiger partial charge in [-0.3, -0.25) is 14.5 Å². The smallest absolute Gasteiger partial charge is 0.271 e.